The maximum Gasteiger partial charge on any atom is 0.227 e. The van der Waals surface area contributed by atoms with Crippen molar-refractivity contribution < 1.29 is 4.79 Å². The zero-order chi connectivity index (χ0) is 13.0. The van der Waals surface area contributed by atoms with E-state index in [1.165, 1.54) is 0 Å². The quantitative estimate of drug-likeness (QED) is 0.870. The summed E-state index contributed by atoms with van der Waals surface area (Å²) in [7, 11) is 1.82. The standard InChI is InChI=1S/C12H21N3OS/c1-8(2)11(5-13)12(16)15(4)7-10-6-14-9(3)17-10/h6,8,11H,5,7,13H2,1-4H3. The number of aryl methyl sites for hydroxylation is 1. The van der Waals surface area contributed by atoms with Crippen molar-refractivity contribution in [3.8, 4) is 0 Å². The molecule has 1 unspecified atom stereocenters. The summed E-state index contributed by atoms with van der Waals surface area (Å²) >= 11 is 1.62. The van der Waals surface area contributed by atoms with Crippen molar-refractivity contribution in [1.82, 2.24) is 9.88 Å². The molecule has 4 nitrogen and oxygen atoms in total. The third kappa shape index (κ3) is 3.78. The third-order valence-corrected chi connectivity index (χ3v) is 3.71. The number of aromatic nitrogens is 1. The molecule has 0 spiro atoms. The van der Waals surface area contributed by atoms with Gasteiger partial charge in [0.05, 0.1) is 17.5 Å². The molecule has 96 valence electrons. The summed E-state index contributed by atoms with van der Waals surface area (Å²) in [6, 6.07) is 0. The highest BCUT2D eigenvalue weighted by Gasteiger charge is 2.23. The number of carbonyl (C=O) groups is 1. The van der Waals surface area contributed by atoms with Gasteiger partial charge >= 0.3 is 0 Å². The number of rotatable bonds is 5. The van der Waals surface area contributed by atoms with E-state index >= 15 is 0 Å². The second kappa shape index (κ2) is 6.12. The van der Waals surface area contributed by atoms with Crippen LogP contribution in [0.3, 0.4) is 0 Å². The molecule has 1 aromatic rings. The normalized spacial score (nSPS) is 12.8. The molecule has 1 rings (SSSR count). The Bertz CT molecular complexity index is 376. The van der Waals surface area contributed by atoms with Crippen molar-refractivity contribution >= 4 is 17.2 Å². The Labute approximate surface area is 107 Å². The Morgan fingerprint density at radius 1 is 1.59 bits per heavy atom. The first kappa shape index (κ1) is 14.1. The highest BCUT2D eigenvalue weighted by molar-refractivity contribution is 7.11. The predicted molar refractivity (Wildman–Crippen MR) is 70.7 cm³/mol. The Hall–Kier alpha value is -0.940. The van der Waals surface area contributed by atoms with E-state index in [0.717, 1.165) is 9.88 Å². The first-order valence-corrected chi connectivity index (χ1v) is 6.63. The van der Waals surface area contributed by atoms with Crippen molar-refractivity contribution in [2.24, 2.45) is 17.6 Å². The second-order valence-electron chi connectivity index (χ2n) is 4.63. The minimum atomic E-state index is -0.0889. The summed E-state index contributed by atoms with van der Waals surface area (Å²) in [5.41, 5.74) is 5.65. The van der Waals surface area contributed by atoms with E-state index in [0.29, 0.717) is 13.1 Å². The number of nitrogens with zero attached hydrogens (tertiary/aromatic N) is 2. The molecule has 0 saturated carbocycles. The molecule has 2 N–H and O–H groups in total. The van der Waals surface area contributed by atoms with E-state index in [4.69, 9.17) is 5.73 Å². The summed E-state index contributed by atoms with van der Waals surface area (Å²) in [6.45, 7) is 7.04. The lowest BCUT2D eigenvalue weighted by Gasteiger charge is -2.24. The van der Waals surface area contributed by atoms with Crippen LogP contribution < -0.4 is 5.73 Å². The first-order chi connectivity index (χ1) is 7.95. The van der Waals surface area contributed by atoms with Crippen molar-refractivity contribution in [1.29, 1.82) is 0 Å². The van der Waals surface area contributed by atoms with Gasteiger partial charge in [0.2, 0.25) is 5.91 Å². The van der Waals surface area contributed by atoms with Gasteiger partial charge in [-0.05, 0) is 12.8 Å². The van der Waals surface area contributed by atoms with Crippen LogP contribution in [0.1, 0.15) is 23.7 Å². The van der Waals surface area contributed by atoms with Crippen LogP contribution in [0, 0.1) is 18.8 Å². The second-order valence-corrected chi connectivity index (χ2v) is 5.95. The Kier molecular flexibility index (Phi) is 5.08. The van der Waals surface area contributed by atoms with Crippen LogP contribution in [0.2, 0.25) is 0 Å². The molecule has 0 fully saturated rings. The molecule has 1 heterocycles. The summed E-state index contributed by atoms with van der Waals surface area (Å²) in [6.07, 6.45) is 1.83. The molecule has 0 saturated heterocycles. The molecule has 0 radical (unpaired) electrons. The Balaban J connectivity index is 2.63. The van der Waals surface area contributed by atoms with Gasteiger partial charge in [0, 0.05) is 24.7 Å². The topological polar surface area (TPSA) is 59.2 Å². The van der Waals surface area contributed by atoms with Gasteiger partial charge in [0.25, 0.3) is 0 Å². The molecule has 0 aliphatic rings. The number of thiazole rings is 1. The molecule has 1 amide bonds. The summed E-state index contributed by atoms with van der Waals surface area (Å²) in [5, 5.41) is 1.03. The van der Waals surface area contributed by atoms with Gasteiger partial charge in [0.15, 0.2) is 0 Å². The van der Waals surface area contributed by atoms with Gasteiger partial charge in [-0.1, -0.05) is 13.8 Å². The summed E-state index contributed by atoms with van der Waals surface area (Å²) in [5.74, 6) is 0.306. The predicted octanol–water partition coefficient (Wildman–Crippen LogP) is 1.64. The van der Waals surface area contributed by atoms with E-state index in [2.05, 4.69) is 4.98 Å². The number of carbonyl (C=O) groups excluding carboxylic acids is 1. The van der Waals surface area contributed by atoms with Crippen molar-refractivity contribution in [2.75, 3.05) is 13.6 Å². The highest BCUT2D eigenvalue weighted by Crippen LogP contribution is 2.17. The third-order valence-electron chi connectivity index (χ3n) is 2.81. The lowest BCUT2D eigenvalue weighted by Crippen LogP contribution is -2.38. The maximum atomic E-state index is 12.2. The van der Waals surface area contributed by atoms with Crippen LogP contribution in [0.4, 0.5) is 0 Å². The molecular weight excluding hydrogens is 234 g/mol. The van der Waals surface area contributed by atoms with Crippen LogP contribution in [0.25, 0.3) is 0 Å². The van der Waals surface area contributed by atoms with Crippen LogP contribution >= 0.6 is 11.3 Å². The van der Waals surface area contributed by atoms with Crippen molar-refractivity contribution in [3.63, 3.8) is 0 Å². The molecule has 5 heteroatoms. The molecule has 0 aliphatic heterocycles. The minimum absolute atomic E-state index is 0.0889. The molecule has 0 aliphatic carbocycles. The van der Waals surface area contributed by atoms with Gasteiger partial charge < -0.3 is 10.6 Å². The van der Waals surface area contributed by atoms with Crippen LogP contribution in [0.15, 0.2) is 6.20 Å². The number of hydrogen-bond donors (Lipinski definition) is 1. The Morgan fingerprint density at radius 2 is 2.24 bits per heavy atom. The highest BCUT2D eigenvalue weighted by atomic mass is 32.1. The van der Waals surface area contributed by atoms with E-state index < -0.39 is 0 Å². The minimum Gasteiger partial charge on any atom is -0.340 e. The van der Waals surface area contributed by atoms with E-state index in [1.807, 2.05) is 34.0 Å². The molecular formula is C12H21N3OS. The van der Waals surface area contributed by atoms with Gasteiger partial charge in [-0.25, -0.2) is 4.98 Å². The lowest BCUT2D eigenvalue weighted by molar-refractivity contribution is -0.135. The average Bonchev–Trinajstić information content (AvgIpc) is 2.64. The van der Waals surface area contributed by atoms with Crippen LogP contribution in [-0.4, -0.2) is 29.4 Å². The lowest BCUT2D eigenvalue weighted by atomic mass is 9.94. The van der Waals surface area contributed by atoms with Gasteiger partial charge in [-0.2, -0.15) is 0 Å². The fourth-order valence-electron chi connectivity index (χ4n) is 1.73. The van der Waals surface area contributed by atoms with Crippen LogP contribution in [-0.2, 0) is 11.3 Å². The zero-order valence-electron chi connectivity index (χ0n) is 10.9. The monoisotopic (exact) mass is 255 g/mol. The fraction of sp³-hybridized carbons (Fsp3) is 0.667. The maximum absolute atomic E-state index is 12.2. The zero-order valence-corrected chi connectivity index (χ0v) is 11.8. The smallest absolute Gasteiger partial charge is 0.227 e. The van der Waals surface area contributed by atoms with Crippen molar-refractivity contribution in [3.05, 3.63) is 16.1 Å². The Morgan fingerprint density at radius 3 is 2.65 bits per heavy atom. The summed E-state index contributed by atoms with van der Waals surface area (Å²) < 4.78 is 0. The van der Waals surface area contributed by atoms with E-state index in [9.17, 15) is 4.79 Å². The van der Waals surface area contributed by atoms with Gasteiger partial charge in [-0.3, -0.25) is 4.79 Å². The fourth-order valence-corrected chi connectivity index (χ4v) is 2.58. The van der Waals surface area contributed by atoms with E-state index in [-0.39, 0.29) is 17.7 Å². The number of hydrogen-bond acceptors (Lipinski definition) is 4. The summed E-state index contributed by atoms with van der Waals surface area (Å²) in [4.78, 5) is 19.2. The average molecular weight is 255 g/mol. The van der Waals surface area contributed by atoms with Crippen LogP contribution in [0.5, 0.6) is 0 Å². The van der Waals surface area contributed by atoms with Gasteiger partial charge in [-0.15, -0.1) is 11.3 Å². The number of amides is 1. The first-order valence-electron chi connectivity index (χ1n) is 5.82. The SMILES string of the molecule is Cc1ncc(CN(C)C(=O)C(CN)C(C)C)s1. The number of nitrogens with two attached hydrogens (primary N) is 1. The molecule has 1 aromatic heterocycles. The van der Waals surface area contributed by atoms with E-state index in [1.54, 1.807) is 16.2 Å². The molecule has 0 bridgehead atoms. The van der Waals surface area contributed by atoms with Crippen molar-refractivity contribution in [2.45, 2.75) is 27.3 Å². The van der Waals surface area contributed by atoms with Gasteiger partial charge in [0.1, 0.15) is 0 Å². The largest absolute Gasteiger partial charge is 0.340 e. The molecule has 1 atom stereocenters. The molecule has 17 heavy (non-hydrogen) atoms. The molecule has 0 aromatic carbocycles.